The maximum atomic E-state index is 13.0. The number of benzene rings is 2. The molecule has 1 N–H and O–H groups in total. The molecule has 1 atom stereocenters. The normalized spacial score (nSPS) is 11.9. The van der Waals surface area contributed by atoms with E-state index in [-0.39, 0.29) is 5.91 Å². The Morgan fingerprint density at radius 3 is 2.50 bits per heavy atom. The molecule has 2 rings (SSSR count). The highest BCUT2D eigenvalue weighted by molar-refractivity contribution is 6.32. The van der Waals surface area contributed by atoms with Crippen molar-refractivity contribution in [3.8, 4) is 0 Å². The van der Waals surface area contributed by atoms with Gasteiger partial charge in [-0.15, -0.1) is 11.6 Å². The second-order valence-corrected chi connectivity index (χ2v) is 4.21. The molecule has 1 unspecified atom stereocenters. The van der Waals surface area contributed by atoms with Crippen molar-refractivity contribution >= 4 is 23.2 Å². The highest BCUT2D eigenvalue weighted by atomic mass is 35.5. The second kappa shape index (κ2) is 5.65. The number of nitrogens with one attached hydrogen (secondary N) is 1. The van der Waals surface area contributed by atoms with Gasteiger partial charge in [0.15, 0.2) is 0 Å². The molecule has 0 radical (unpaired) electrons. The maximum Gasteiger partial charge on any atom is 0.246 e. The van der Waals surface area contributed by atoms with Crippen LogP contribution in [0.3, 0.4) is 0 Å². The predicted octanol–water partition coefficient (Wildman–Crippen LogP) is 3.74. The summed E-state index contributed by atoms with van der Waals surface area (Å²) in [4.78, 5) is 11.9. The molecular formula is C14H11ClFNO. The molecule has 0 heterocycles. The van der Waals surface area contributed by atoms with Crippen molar-refractivity contribution in [1.82, 2.24) is 0 Å². The highest BCUT2D eigenvalue weighted by Crippen LogP contribution is 2.22. The molecule has 0 aliphatic carbocycles. The van der Waals surface area contributed by atoms with E-state index < -0.39 is 11.2 Å². The SMILES string of the molecule is O=C(Nc1cccc(F)c1)C(Cl)c1ccccc1. The Labute approximate surface area is 109 Å². The number of hydrogen-bond donors (Lipinski definition) is 1. The standard InChI is InChI=1S/C14H11ClFNO/c15-13(10-5-2-1-3-6-10)14(18)17-12-8-4-7-11(16)9-12/h1-9,13H,(H,17,18). The van der Waals surface area contributed by atoms with Crippen molar-refractivity contribution < 1.29 is 9.18 Å². The Kier molecular flexibility index (Phi) is 3.95. The van der Waals surface area contributed by atoms with Crippen LogP contribution >= 0.6 is 11.6 Å². The van der Waals surface area contributed by atoms with Crippen LogP contribution < -0.4 is 5.32 Å². The molecule has 2 nitrogen and oxygen atoms in total. The van der Waals surface area contributed by atoms with Crippen LogP contribution in [0.2, 0.25) is 0 Å². The minimum absolute atomic E-state index is 0.381. The van der Waals surface area contributed by atoms with E-state index >= 15 is 0 Å². The summed E-state index contributed by atoms with van der Waals surface area (Å²) in [5.41, 5.74) is 1.09. The van der Waals surface area contributed by atoms with Crippen LogP contribution in [0.15, 0.2) is 54.6 Å². The Hall–Kier alpha value is -1.87. The second-order valence-electron chi connectivity index (χ2n) is 3.77. The fourth-order valence-corrected chi connectivity index (χ4v) is 1.75. The zero-order chi connectivity index (χ0) is 13.0. The number of rotatable bonds is 3. The first-order valence-corrected chi connectivity index (χ1v) is 5.86. The number of alkyl halides is 1. The highest BCUT2D eigenvalue weighted by Gasteiger charge is 2.17. The lowest BCUT2D eigenvalue weighted by Crippen LogP contribution is -2.17. The Bertz CT molecular complexity index is 545. The van der Waals surface area contributed by atoms with E-state index in [2.05, 4.69) is 5.32 Å². The van der Waals surface area contributed by atoms with E-state index in [9.17, 15) is 9.18 Å². The summed E-state index contributed by atoms with van der Waals surface area (Å²) in [6, 6.07) is 14.7. The molecule has 4 heteroatoms. The number of amides is 1. The van der Waals surface area contributed by atoms with Crippen molar-refractivity contribution in [1.29, 1.82) is 0 Å². The molecule has 0 spiro atoms. The van der Waals surface area contributed by atoms with Crippen LogP contribution in [0.4, 0.5) is 10.1 Å². The average molecular weight is 264 g/mol. The summed E-state index contributed by atoms with van der Waals surface area (Å²) < 4.78 is 13.0. The molecule has 0 bridgehead atoms. The fraction of sp³-hybridized carbons (Fsp3) is 0.0714. The van der Waals surface area contributed by atoms with Crippen LogP contribution in [0, 0.1) is 5.82 Å². The quantitative estimate of drug-likeness (QED) is 0.840. The third-order valence-corrected chi connectivity index (χ3v) is 2.86. The summed E-state index contributed by atoms with van der Waals surface area (Å²) in [6.07, 6.45) is 0. The van der Waals surface area contributed by atoms with Gasteiger partial charge in [0.05, 0.1) is 0 Å². The van der Waals surface area contributed by atoms with Crippen molar-refractivity contribution in [2.24, 2.45) is 0 Å². The molecule has 1 amide bonds. The Balaban J connectivity index is 2.09. The van der Waals surface area contributed by atoms with E-state index in [1.54, 1.807) is 30.3 Å². The molecule has 18 heavy (non-hydrogen) atoms. The van der Waals surface area contributed by atoms with Crippen LogP contribution in [-0.2, 0) is 4.79 Å². The van der Waals surface area contributed by atoms with Crippen molar-refractivity contribution in [2.75, 3.05) is 5.32 Å². The van der Waals surface area contributed by atoms with Gasteiger partial charge in [-0.25, -0.2) is 4.39 Å². The summed E-state index contributed by atoms with van der Waals surface area (Å²) >= 11 is 6.04. The summed E-state index contributed by atoms with van der Waals surface area (Å²) in [7, 11) is 0. The lowest BCUT2D eigenvalue weighted by atomic mass is 10.1. The van der Waals surface area contributed by atoms with Gasteiger partial charge in [-0.2, -0.15) is 0 Å². The molecule has 0 saturated carbocycles. The molecule has 2 aromatic carbocycles. The van der Waals surface area contributed by atoms with Crippen molar-refractivity contribution in [3.05, 3.63) is 66.0 Å². The largest absolute Gasteiger partial charge is 0.324 e. The molecule has 92 valence electrons. The number of carbonyl (C=O) groups excluding carboxylic acids is 1. The maximum absolute atomic E-state index is 13.0. The molecule has 0 saturated heterocycles. The molecule has 0 aliphatic heterocycles. The first-order chi connectivity index (χ1) is 8.66. The van der Waals surface area contributed by atoms with E-state index in [0.717, 1.165) is 0 Å². The van der Waals surface area contributed by atoms with E-state index in [1.807, 2.05) is 6.07 Å². The van der Waals surface area contributed by atoms with Crippen LogP contribution in [0.1, 0.15) is 10.9 Å². The topological polar surface area (TPSA) is 29.1 Å². The average Bonchev–Trinajstić information content (AvgIpc) is 2.39. The number of halogens is 2. The summed E-state index contributed by atoms with van der Waals surface area (Å²) in [6.45, 7) is 0. The first kappa shape index (κ1) is 12.6. The van der Waals surface area contributed by atoms with Gasteiger partial charge in [-0.1, -0.05) is 36.4 Å². The summed E-state index contributed by atoms with van der Waals surface area (Å²) in [5, 5.41) is 1.77. The zero-order valence-electron chi connectivity index (χ0n) is 9.44. The van der Waals surface area contributed by atoms with Gasteiger partial charge in [0.2, 0.25) is 5.91 Å². The van der Waals surface area contributed by atoms with Crippen LogP contribution in [0.5, 0.6) is 0 Å². The van der Waals surface area contributed by atoms with Gasteiger partial charge in [-0.3, -0.25) is 4.79 Å². The molecule has 0 aliphatic rings. The van der Waals surface area contributed by atoms with Gasteiger partial charge in [-0.05, 0) is 23.8 Å². The van der Waals surface area contributed by atoms with Gasteiger partial charge >= 0.3 is 0 Å². The third kappa shape index (κ3) is 3.08. The van der Waals surface area contributed by atoms with Crippen molar-refractivity contribution in [3.63, 3.8) is 0 Å². The van der Waals surface area contributed by atoms with Crippen molar-refractivity contribution in [2.45, 2.75) is 5.38 Å². The molecule has 0 fully saturated rings. The first-order valence-electron chi connectivity index (χ1n) is 5.42. The lowest BCUT2D eigenvalue weighted by molar-refractivity contribution is -0.116. The Morgan fingerprint density at radius 2 is 1.83 bits per heavy atom. The lowest BCUT2D eigenvalue weighted by Gasteiger charge is -2.10. The van der Waals surface area contributed by atoms with E-state index in [4.69, 9.17) is 11.6 Å². The van der Waals surface area contributed by atoms with Gasteiger partial charge in [0.25, 0.3) is 0 Å². The van der Waals surface area contributed by atoms with Gasteiger partial charge < -0.3 is 5.32 Å². The predicted molar refractivity (Wildman–Crippen MR) is 70.1 cm³/mol. The monoisotopic (exact) mass is 263 g/mol. The smallest absolute Gasteiger partial charge is 0.246 e. The van der Waals surface area contributed by atoms with E-state index in [0.29, 0.717) is 11.3 Å². The number of hydrogen-bond acceptors (Lipinski definition) is 1. The van der Waals surface area contributed by atoms with Gasteiger partial charge in [0.1, 0.15) is 11.2 Å². The molecule has 2 aromatic rings. The molecule has 0 aromatic heterocycles. The van der Waals surface area contributed by atoms with Crippen LogP contribution in [-0.4, -0.2) is 5.91 Å². The third-order valence-electron chi connectivity index (χ3n) is 2.41. The van der Waals surface area contributed by atoms with Gasteiger partial charge in [0, 0.05) is 5.69 Å². The summed E-state index contributed by atoms with van der Waals surface area (Å²) in [5.74, 6) is -0.785. The zero-order valence-corrected chi connectivity index (χ0v) is 10.2. The molecular weight excluding hydrogens is 253 g/mol. The number of anilines is 1. The van der Waals surface area contributed by atoms with Crippen LogP contribution in [0.25, 0.3) is 0 Å². The Morgan fingerprint density at radius 1 is 1.11 bits per heavy atom. The minimum Gasteiger partial charge on any atom is -0.324 e. The number of carbonyl (C=O) groups is 1. The minimum atomic E-state index is -0.797. The fourth-order valence-electron chi connectivity index (χ4n) is 1.55. The van der Waals surface area contributed by atoms with E-state index in [1.165, 1.54) is 18.2 Å².